The summed E-state index contributed by atoms with van der Waals surface area (Å²) >= 11 is 1.47. The molecule has 0 aromatic carbocycles. The van der Waals surface area contributed by atoms with Gasteiger partial charge >= 0.3 is 5.96 Å². The zero-order valence-electron chi connectivity index (χ0n) is 5.59. The lowest BCUT2D eigenvalue weighted by atomic mass is 10.6. The van der Waals surface area contributed by atoms with Crippen LogP contribution in [0.5, 0.6) is 0 Å². The van der Waals surface area contributed by atoms with E-state index < -0.39 is 0 Å². The van der Waals surface area contributed by atoms with Gasteiger partial charge in [0.2, 0.25) is 0 Å². The molecule has 0 bridgehead atoms. The Kier molecular flexibility index (Phi) is 1.86. The molecule has 0 atom stereocenters. The molecule has 1 aromatic heterocycles. The molecule has 0 fully saturated rings. The Hall–Kier alpha value is -1.10. The minimum Gasteiger partial charge on any atom is -0.311 e. The largest absolute Gasteiger partial charge is 0.311 e. The fourth-order valence-corrected chi connectivity index (χ4v) is 1.24. The van der Waals surface area contributed by atoms with Crippen molar-refractivity contribution in [2.45, 2.75) is 6.92 Å². The van der Waals surface area contributed by atoms with Crippen molar-refractivity contribution in [3.05, 3.63) is 11.1 Å². The van der Waals surface area contributed by atoms with Crippen molar-refractivity contribution in [1.29, 1.82) is 0 Å². The van der Waals surface area contributed by atoms with Crippen LogP contribution in [0.3, 0.4) is 0 Å². The first-order chi connectivity index (χ1) is 4.68. The summed E-state index contributed by atoms with van der Waals surface area (Å²) in [6, 6.07) is 0. The number of guanidine groups is 1. The van der Waals surface area contributed by atoms with E-state index in [0.29, 0.717) is 0 Å². The van der Waals surface area contributed by atoms with E-state index >= 15 is 0 Å². The normalized spacial score (nSPS) is 9.30. The summed E-state index contributed by atoms with van der Waals surface area (Å²) in [4.78, 5) is 6.78. The maximum Gasteiger partial charge on any atom is 0.303 e. The molecule has 4 nitrogen and oxygen atoms in total. The summed E-state index contributed by atoms with van der Waals surface area (Å²) in [5.74, 6) is 0.175. The molecule has 0 amide bonds. The molecule has 0 spiro atoms. The molecule has 0 radical (unpaired) electrons. The summed E-state index contributed by atoms with van der Waals surface area (Å²) in [5, 5.41) is 2.66. The minimum absolute atomic E-state index is 0.175. The van der Waals surface area contributed by atoms with Gasteiger partial charge < -0.3 is 11.5 Å². The Morgan fingerprint density at radius 3 is 2.80 bits per heavy atom. The van der Waals surface area contributed by atoms with Gasteiger partial charge in [0.15, 0.2) is 0 Å². The van der Waals surface area contributed by atoms with Crippen molar-refractivity contribution in [2.75, 3.05) is 0 Å². The fraction of sp³-hybridized carbons (Fsp3) is 0.200. The summed E-state index contributed by atoms with van der Waals surface area (Å²) < 4.78 is 0. The van der Waals surface area contributed by atoms with Crippen LogP contribution in [0.4, 0.5) is 5.13 Å². The highest BCUT2D eigenvalue weighted by Crippen LogP contribution is 2.06. The Balaban J connectivity index is 2.86. The quantitative estimate of drug-likeness (QED) is 0.340. The number of aryl methyl sites for hydroxylation is 1. The first-order valence-electron chi connectivity index (χ1n) is 2.75. The Morgan fingerprint density at radius 2 is 2.40 bits per heavy atom. The third-order valence-electron chi connectivity index (χ3n) is 0.870. The fourth-order valence-electron chi connectivity index (χ4n) is 0.535. The van der Waals surface area contributed by atoms with Crippen LogP contribution in [0, 0.1) is 6.92 Å². The SMILES string of the molecule is Cc1csc([NH+]=C(N)N)n1. The summed E-state index contributed by atoms with van der Waals surface area (Å²) in [6.07, 6.45) is 0. The van der Waals surface area contributed by atoms with E-state index in [-0.39, 0.29) is 5.96 Å². The van der Waals surface area contributed by atoms with Gasteiger partial charge in [-0.05, 0) is 6.92 Å². The molecule has 0 aliphatic heterocycles. The van der Waals surface area contributed by atoms with Gasteiger partial charge in [-0.15, -0.1) is 4.98 Å². The maximum atomic E-state index is 5.18. The molecule has 54 valence electrons. The van der Waals surface area contributed by atoms with Crippen LogP contribution in [-0.4, -0.2) is 10.9 Å². The predicted octanol–water partition coefficient (Wildman–Crippen LogP) is -1.56. The molecular formula is C5H9N4S+. The molecule has 0 aliphatic rings. The molecule has 1 heterocycles. The van der Waals surface area contributed by atoms with Crippen LogP contribution in [0.25, 0.3) is 0 Å². The van der Waals surface area contributed by atoms with Crippen LogP contribution < -0.4 is 16.5 Å². The van der Waals surface area contributed by atoms with Crippen LogP contribution in [-0.2, 0) is 0 Å². The van der Waals surface area contributed by atoms with Gasteiger partial charge in [0, 0.05) is 5.38 Å². The Bertz CT molecular complexity index is 248. The highest BCUT2D eigenvalue weighted by atomic mass is 32.1. The number of aromatic nitrogens is 1. The van der Waals surface area contributed by atoms with Crippen LogP contribution in [0.1, 0.15) is 5.69 Å². The number of nitrogens with zero attached hydrogens (tertiary/aromatic N) is 1. The van der Waals surface area contributed by atoms with Gasteiger partial charge in [0.05, 0.1) is 0 Å². The minimum atomic E-state index is 0.175. The van der Waals surface area contributed by atoms with E-state index in [4.69, 9.17) is 11.5 Å². The topological polar surface area (TPSA) is 78.9 Å². The standard InChI is InChI=1S/C5H8N4S/c1-3-2-10-5(8-3)9-4(6)7/h2H,1H3,(H4,6,7,8,9)/p+1. The number of hydrogen-bond donors (Lipinski definition) is 3. The zero-order chi connectivity index (χ0) is 7.56. The lowest BCUT2D eigenvalue weighted by Crippen LogP contribution is -2.72. The summed E-state index contributed by atoms with van der Waals surface area (Å²) in [7, 11) is 0. The van der Waals surface area contributed by atoms with E-state index in [2.05, 4.69) is 9.98 Å². The first kappa shape index (κ1) is 7.01. The van der Waals surface area contributed by atoms with Crippen molar-refractivity contribution in [1.82, 2.24) is 4.98 Å². The monoisotopic (exact) mass is 157 g/mol. The van der Waals surface area contributed by atoms with Crippen molar-refractivity contribution in [2.24, 2.45) is 11.5 Å². The number of rotatable bonds is 1. The molecule has 10 heavy (non-hydrogen) atoms. The van der Waals surface area contributed by atoms with E-state index in [0.717, 1.165) is 10.8 Å². The number of nitrogens with two attached hydrogens (primary N) is 2. The molecular weight excluding hydrogens is 148 g/mol. The second kappa shape index (κ2) is 2.66. The molecule has 1 rings (SSSR count). The van der Waals surface area contributed by atoms with Gasteiger partial charge in [0.25, 0.3) is 5.13 Å². The lowest BCUT2D eigenvalue weighted by Gasteiger charge is -1.79. The lowest BCUT2D eigenvalue weighted by molar-refractivity contribution is -0.355. The molecule has 0 aliphatic carbocycles. The predicted molar refractivity (Wildman–Crippen MR) is 40.9 cm³/mol. The third-order valence-corrected chi connectivity index (χ3v) is 1.75. The van der Waals surface area contributed by atoms with Gasteiger partial charge in [-0.3, -0.25) is 0 Å². The van der Waals surface area contributed by atoms with E-state index in [1.165, 1.54) is 11.3 Å². The molecule has 1 aromatic rings. The molecule has 0 unspecified atom stereocenters. The summed E-state index contributed by atoms with van der Waals surface area (Å²) in [6.45, 7) is 1.91. The third kappa shape index (κ3) is 1.70. The van der Waals surface area contributed by atoms with Gasteiger partial charge in [0.1, 0.15) is 5.69 Å². The Labute approximate surface area is 62.6 Å². The van der Waals surface area contributed by atoms with Gasteiger partial charge in [-0.2, -0.15) is 0 Å². The van der Waals surface area contributed by atoms with Gasteiger partial charge in [-0.25, -0.2) is 4.99 Å². The maximum absolute atomic E-state index is 5.18. The van der Waals surface area contributed by atoms with Crippen molar-refractivity contribution in [3.8, 4) is 0 Å². The highest BCUT2D eigenvalue weighted by Gasteiger charge is 1.98. The van der Waals surface area contributed by atoms with Crippen LogP contribution in [0.2, 0.25) is 0 Å². The van der Waals surface area contributed by atoms with Gasteiger partial charge in [-0.1, -0.05) is 11.3 Å². The second-order valence-electron chi connectivity index (χ2n) is 1.87. The number of nitrogens with one attached hydrogen (secondary N) is 1. The smallest absolute Gasteiger partial charge is 0.303 e. The van der Waals surface area contributed by atoms with E-state index in [1.807, 2.05) is 12.3 Å². The average molecular weight is 157 g/mol. The highest BCUT2D eigenvalue weighted by molar-refractivity contribution is 7.12. The Morgan fingerprint density at radius 1 is 1.70 bits per heavy atom. The van der Waals surface area contributed by atoms with Crippen molar-refractivity contribution < 1.29 is 4.99 Å². The molecule has 5 heteroatoms. The molecule has 0 saturated heterocycles. The summed E-state index contributed by atoms with van der Waals surface area (Å²) in [5.41, 5.74) is 11.3. The zero-order valence-corrected chi connectivity index (χ0v) is 6.40. The van der Waals surface area contributed by atoms with E-state index in [1.54, 1.807) is 0 Å². The van der Waals surface area contributed by atoms with Crippen LogP contribution >= 0.6 is 11.3 Å². The van der Waals surface area contributed by atoms with E-state index in [9.17, 15) is 0 Å². The average Bonchev–Trinajstić information content (AvgIpc) is 2.13. The first-order valence-corrected chi connectivity index (χ1v) is 3.63. The molecule has 0 saturated carbocycles. The number of thiazole rings is 1. The number of hydrogen-bond acceptors (Lipinski definition) is 2. The second-order valence-corrected chi connectivity index (χ2v) is 2.73. The molecule has 5 N–H and O–H groups in total. The van der Waals surface area contributed by atoms with Crippen LogP contribution in [0.15, 0.2) is 5.38 Å². The van der Waals surface area contributed by atoms with Crippen molar-refractivity contribution in [3.63, 3.8) is 0 Å². The van der Waals surface area contributed by atoms with Crippen molar-refractivity contribution >= 4 is 22.4 Å².